The van der Waals surface area contributed by atoms with Gasteiger partial charge < -0.3 is 4.74 Å². The van der Waals surface area contributed by atoms with E-state index in [1.165, 1.54) is 11.3 Å². The third-order valence-electron chi connectivity index (χ3n) is 2.72. The minimum Gasteiger partial charge on any atom is -0.481 e. The van der Waals surface area contributed by atoms with E-state index in [0.717, 1.165) is 15.7 Å². The number of nitrogens with one attached hydrogen (secondary N) is 1. The molecule has 0 aliphatic heterocycles. The molecule has 0 aliphatic rings. The molecule has 118 valence electrons. The molecule has 0 unspecified atom stereocenters. The van der Waals surface area contributed by atoms with Gasteiger partial charge in [0.2, 0.25) is 5.13 Å². The Labute approximate surface area is 142 Å². The first-order chi connectivity index (χ1) is 10.5. The highest BCUT2D eigenvalue weighted by Crippen LogP contribution is 2.25. The van der Waals surface area contributed by atoms with Crippen LogP contribution in [0.3, 0.4) is 0 Å². The minimum absolute atomic E-state index is 0.267. The Morgan fingerprint density at radius 3 is 2.95 bits per heavy atom. The maximum atomic E-state index is 12.1. The van der Waals surface area contributed by atoms with Crippen LogP contribution in [0, 0.1) is 6.92 Å². The Hall–Kier alpha value is -1.31. The maximum absolute atomic E-state index is 12.1. The zero-order chi connectivity index (χ0) is 16.1. The minimum atomic E-state index is -0.647. The number of halogens is 1. The summed E-state index contributed by atoms with van der Waals surface area (Å²) < 4.78 is 6.45. The van der Waals surface area contributed by atoms with E-state index < -0.39 is 6.10 Å². The summed E-state index contributed by atoms with van der Waals surface area (Å²) in [5, 5.41) is 11.8. The third kappa shape index (κ3) is 4.59. The van der Waals surface area contributed by atoms with Crippen LogP contribution in [0.4, 0.5) is 5.13 Å². The number of carbonyl (C=O) groups excluding carboxylic acids is 1. The summed E-state index contributed by atoms with van der Waals surface area (Å²) in [5.41, 5.74) is 0.900. The molecule has 2 rings (SSSR count). The van der Waals surface area contributed by atoms with E-state index >= 15 is 0 Å². The molecule has 1 aromatic heterocycles. The van der Waals surface area contributed by atoms with Crippen molar-refractivity contribution >= 4 is 45.7 Å². The average Bonchev–Trinajstić information content (AvgIpc) is 2.90. The normalized spacial score (nSPS) is 12.0. The molecule has 0 radical (unpaired) electrons. The Kier molecular flexibility index (Phi) is 6.05. The monoisotopic (exact) mass is 357 g/mol. The van der Waals surface area contributed by atoms with Crippen molar-refractivity contribution in [3.05, 3.63) is 28.8 Å². The predicted molar refractivity (Wildman–Crippen MR) is 91.2 cm³/mol. The molecular formula is C14H16ClN3O2S2. The first-order valence-electron chi connectivity index (χ1n) is 6.69. The van der Waals surface area contributed by atoms with Crippen LogP contribution in [0.25, 0.3) is 0 Å². The lowest BCUT2D eigenvalue weighted by atomic mass is 10.2. The quantitative estimate of drug-likeness (QED) is 0.625. The number of nitrogens with zero attached hydrogens (tertiary/aromatic N) is 2. The number of rotatable bonds is 6. The van der Waals surface area contributed by atoms with E-state index in [1.54, 1.807) is 36.9 Å². The lowest BCUT2D eigenvalue weighted by Crippen LogP contribution is -2.30. The number of hydrogen-bond acceptors (Lipinski definition) is 6. The van der Waals surface area contributed by atoms with Gasteiger partial charge in [-0.05, 0) is 43.4 Å². The molecule has 22 heavy (non-hydrogen) atoms. The number of benzene rings is 1. The molecule has 1 N–H and O–H groups in total. The second-order valence-electron chi connectivity index (χ2n) is 4.47. The van der Waals surface area contributed by atoms with E-state index in [2.05, 4.69) is 15.5 Å². The second kappa shape index (κ2) is 7.80. The van der Waals surface area contributed by atoms with Crippen molar-refractivity contribution in [2.75, 3.05) is 11.1 Å². The topological polar surface area (TPSA) is 64.1 Å². The molecule has 5 nitrogen and oxygen atoms in total. The molecule has 0 spiro atoms. The van der Waals surface area contributed by atoms with Gasteiger partial charge in [0.25, 0.3) is 5.91 Å². The number of anilines is 1. The summed E-state index contributed by atoms with van der Waals surface area (Å²) in [6.45, 7) is 5.60. The van der Waals surface area contributed by atoms with Gasteiger partial charge in [0.1, 0.15) is 5.75 Å². The van der Waals surface area contributed by atoms with E-state index in [4.69, 9.17) is 16.3 Å². The van der Waals surface area contributed by atoms with Crippen LogP contribution in [0.2, 0.25) is 5.02 Å². The Morgan fingerprint density at radius 2 is 2.27 bits per heavy atom. The summed E-state index contributed by atoms with van der Waals surface area (Å²) in [7, 11) is 0. The van der Waals surface area contributed by atoms with Crippen molar-refractivity contribution in [2.24, 2.45) is 0 Å². The third-order valence-corrected chi connectivity index (χ3v) is 4.99. The molecule has 1 amide bonds. The maximum Gasteiger partial charge on any atom is 0.266 e. The highest BCUT2D eigenvalue weighted by atomic mass is 35.5. The Balaban J connectivity index is 1.94. The van der Waals surface area contributed by atoms with Crippen molar-refractivity contribution in [3.63, 3.8) is 0 Å². The molecule has 1 atom stereocenters. The van der Waals surface area contributed by atoms with Crippen LogP contribution in [-0.2, 0) is 4.79 Å². The zero-order valence-electron chi connectivity index (χ0n) is 12.4. The second-order valence-corrected chi connectivity index (χ2v) is 7.36. The summed E-state index contributed by atoms with van der Waals surface area (Å²) in [6.07, 6.45) is -0.647. The fraction of sp³-hybridized carbons (Fsp3) is 0.357. The molecular weight excluding hydrogens is 342 g/mol. The Bertz CT molecular complexity index is 663. The smallest absolute Gasteiger partial charge is 0.266 e. The fourth-order valence-corrected chi connectivity index (χ4v) is 3.37. The van der Waals surface area contributed by atoms with Crippen LogP contribution in [-0.4, -0.2) is 28.0 Å². The molecule has 8 heteroatoms. The number of amides is 1. The SMILES string of the molecule is CCSc1nnc(NC(=O)[C@@H](C)Oc2ccc(Cl)c(C)c2)s1. The van der Waals surface area contributed by atoms with Gasteiger partial charge in [0, 0.05) is 5.02 Å². The lowest BCUT2D eigenvalue weighted by molar-refractivity contribution is -0.122. The van der Waals surface area contributed by atoms with E-state index in [9.17, 15) is 4.79 Å². The van der Waals surface area contributed by atoms with Gasteiger partial charge in [-0.15, -0.1) is 10.2 Å². The van der Waals surface area contributed by atoms with Gasteiger partial charge in [0.05, 0.1) is 0 Å². The number of ether oxygens (including phenoxy) is 1. The molecule has 0 fully saturated rings. The van der Waals surface area contributed by atoms with E-state index in [-0.39, 0.29) is 5.91 Å². The standard InChI is InChI=1S/C14H16ClN3O2S2/c1-4-21-14-18-17-13(22-14)16-12(19)9(3)20-10-5-6-11(15)8(2)7-10/h5-7,9H,4H2,1-3H3,(H,16,17,19)/t9-/m1/s1. The van der Waals surface area contributed by atoms with Crippen molar-refractivity contribution in [1.82, 2.24) is 10.2 Å². The van der Waals surface area contributed by atoms with Gasteiger partial charge in [-0.25, -0.2) is 0 Å². The van der Waals surface area contributed by atoms with Crippen molar-refractivity contribution in [1.29, 1.82) is 0 Å². The summed E-state index contributed by atoms with van der Waals surface area (Å²) >= 11 is 8.90. The number of hydrogen-bond donors (Lipinski definition) is 1. The highest BCUT2D eigenvalue weighted by Gasteiger charge is 2.17. The number of carbonyl (C=O) groups is 1. The highest BCUT2D eigenvalue weighted by molar-refractivity contribution is 8.01. The van der Waals surface area contributed by atoms with Crippen LogP contribution in [0.5, 0.6) is 5.75 Å². The van der Waals surface area contributed by atoms with E-state index in [1.807, 2.05) is 13.8 Å². The molecule has 1 heterocycles. The molecule has 1 aromatic carbocycles. The number of aromatic nitrogens is 2. The molecule has 0 saturated carbocycles. The van der Waals surface area contributed by atoms with Gasteiger partial charge in [-0.2, -0.15) is 0 Å². The van der Waals surface area contributed by atoms with Gasteiger partial charge in [0.15, 0.2) is 10.4 Å². The molecule has 0 aliphatic carbocycles. The predicted octanol–water partition coefficient (Wildman–Crippen LogP) is 4.02. The first kappa shape index (κ1) is 17.1. The van der Waals surface area contributed by atoms with Crippen LogP contribution >= 0.6 is 34.7 Å². The van der Waals surface area contributed by atoms with E-state index in [0.29, 0.717) is 15.9 Å². The largest absolute Gasteiger partial charge is 0.481 e. The van der Waals surface area contributed by atoms with Crippen LogP contribution in [0.1, 0.15) is 19.4 Å². The Morgan fingerprint density at radius 1 is 1.50 bits per heavy atom. The van der Waals surface area contributed by atoms with Gasteiger partial charge in [-0.1, -0.05) is 41.6 Å². The summed E-state index contributed by atoms with van der Waals surface area (Å²) in [4.78, 5) is 12.1. The molecule has 0 bridgehead atoms. The van der Waals surface area contributed by atoms with Crippen LogP contribution in [0.15, 0.2) is 22.5 Å². The fourth-order valence-electron chi connectivity index (χ4n) is 1.60. The number of thioether (sulfide) groups is 1. The number of aryl methyl sites for hydroxylation is 1. The molecule has 0 saturated heterocycles. The molecule has 2 aromatic rings. The van der Waals surface area contributed by atoms with Crippen molar-refractivity contribution < 1.29 is 9.53 Å². The summed E-state index contributed by atoms with van der Waals surface area (Å²) in [6, 6.07) is 5.28. The van der Waals surface area contributed by atoms with Crippen molar-refractivity contribution in [3.8, 4) is 5.75 Å². The van der Waals surface area contributed by atoms with Gasteiger partial charge >= 0.3 is 0 Å². The van der Waals surface area contributed by atoms with Crippen LogP contribution < -0.4 is 10.1 Å². The first-order valence-corrected chi connectivity index (χ1v) is 8.87. The van der Waals surface area contributed by atoms with Crippen molar-refractivity contribution in [2.45, 2.75) is 31.2 Å². The van der Waals surface area contributed by atoms with Gasteiger partial charge in [-0.3, -0.25) is 10.1 Å². The average molecular weight is 358 g/mol. The lowest BCUT2D eigenvalue weighted by Gasteiger charge is -2.14. The summed E-state index contributed by atoms with van der Waals surface area (Å²) in [5.74, 6) is 1.25. The zero-order valence-corrected chi connectivity index (χ0v) is 14.8.